The third-order valence-electron chi connectivity index (χ3n) is 14.4. The van der Waals surface area contributed by atoms with Gasteiger partial charge in [-0.25, -0.2) is 26.3 Å². The summed E-state index contributed by atoms with van der Waals surface area (Å²) in [6, 6.07) is 0. The van der Waals surface area contributed by atoms with Gasteiger partial charge in [0.25, 0.3) is 0 Å². The molecule has 0 amide bonds. The summed E-state index contributed by atoms with van der Waals surface area (Å²) in [6.07, 6.45) is 26.4. The van der Waals surface area contributed by atoms with Gasteiger partial charge in [-0.1, -0.05) is 51.1 Å². The molecular weight excluding hydrogens is 1580 g/mol. The van der Waals surface area contributed by atoms with E-state index in [0.717, 1.165) is 63.5 Å². The number of ketones is 1. The number of carbonyl (C=O) groups excluding carboxylic acids is 12. The molecule has 29 nitrogen and oxygen atoms in total. The number of hydrogen-bond donors (Lipinski definition) is 9. The number of halogens is 2. The maximum atomic E-state index is 11.8. The van der Waals surface area contributed by atoms with E-state index in [0.29, 0.717) is 12.3 Å². The van der Waals surface area contributed by atoms with Crippen LogP contribution in [-0.4, -0.2) is 192 Å². The van der Waals surface area contributed by atoms with Gasteiger partial charge >= 0.3 is 42.5 Å². The first-order valence-electron chi connectivity index (χ1n) is 34.3. The van der Waals surface area contributed by atoms with Crippen molar-refractivity contribution in [3.8, 4) is 0 Å². The molecule has 6 fully saturated rings. The number of rotatable bonds is 13. The van der Waals surface area contributed by atoms with Gasteiger partial charge in [0, 0.05) is 95.8 Å². The van der Waals surface area contributed by atoms with Crippen molar-refractivity contribution >= 4 is 126 Å². The van der Waals surface area contributed by atoms with E-state index in [2.05, 4.69) is 77.0 Å². The Bertz CT molecular complexity index is 2250. The molecule has 0 aromatic rings. The normalized spacial score (nSPS) is 15.8. The van der Waals surface area contributed by atoms with Gasteiger partial charge in [0.1, 0.15) is 22.1 Å². The van der Waals surface area contributed by atoms with Gasteiger partial charge in [-0.2, -0.15) is 42.8 Å². The molecule has 0 spiro atoms. The van der Waals surface area contributed by atoms with Crippen molar-refractivity contribution in [1.82, 2.24) is 14.8 Å². The molecule has 0 aromatic carbocycles. The SMILES string of the molecule is C.CC(C)(C)S(=O)N=C1CCC1.CC(C)(C)S(N)=O.CCC1(N)CCC1.CCC1(NCC(=O)OC)CCC1.CCC1(NS(=O)C(C)(C)C)CCC1.CCC1(NS(=O)C(C)(C)C)CCC1.CCO.CCO.CCO.CCO.COC(=O)CBr.COC(C)=O.Cl.O=C1CCC1.O=C=O.O=C=O.O=C=O.O=C=O.[Ti]. The van der Waals surface area contributed by atoms with Crippen molar-refractivity contribution in [3.63, 3.8) is 0 Å². The van der Waals surface area contributed by atoms with Crippen LogP contribution in [0.2, 0.25) is 0 Å². The molecule has 4 unspecified atom stereocenters. The first-order chi connectivity index (χ1) is 47.5. The minimum absolute atomic E-state index is 0. The largest absolute Gasteiger partial charge is 0.469 e. The first-order valence-corrected chi connectivity index (χ1v) is 40.0. The second-order valence-electron chi connectivity index (χ2n) is 26.6. The van der Waals surface area contributed by atoms with Gasteiger partial charge < -0.3 is 45.7 Å². The van der Waals surface area contributed by atoms with E-state index in [1.54, 1.807) is 27.7 Å². The number of nitrogens with two attached hydrogens (primary N) is 2. The third kappa shape index (κ3) is 91.6. The number of esters is 3. The molecule has 6 aliphatic carbocycles. The molecule has 6 aliphatic rings. The molecule has 0 aromatic heterocycles. The maximum Gasteiger partial charge on any atom is 0.373 e. The number of ether oxygens (including phenoxy) is 3. The maximum absolute atomic E-state index is 11.8. The Morgan fingerprint density at radius 3 is 0.840 bits per heavy atom. The van der Waals surface area contributed by atoms with Crippen molar-refractivity contribution in [2.75, 3.05) is 59.6 Å². The molecule has 36 heteroatoms. The predicted octanol–water partition coefficient (Wildman–Crippen LogP) is 9.77. The van der Waals surface area contributed by atoms with Gasteiger partial charge in [-0.15, -0.1) is 12.4 Å². The van der Waals surface area contributed by atoms with Gasteiger partial charge in [-0.05, 0) is 239 Å². The smallest absolute Gasteiger partial charge is 0.373 e. The van der Waals surface area contributed by atoms with Crippen LogP contribution in [0.25, 0.3) is 0 Å². The van der Waals surface area contributed by atoms with Crippen LogP contribution in [0.5, 0.6) is 0 Å². The van der Waals surface area contributed by atoms with Gasteiger partial charge in [0.15, 0.2) is 0 Å². The van der Waals surface area contributed by atoms with Crippen LogP contribution in [-0.2, 0) is 137 Å². The molecule has 6 rings (SSSR count). The zero-order chi connectivity index (χ0) is 83.8. The third-order valence-corrected chi connectivity index (χ3v) is 21.0. The average molecular weight is 1730 g/mol. The molecule has 634 valence electrons. The van der Waals surface area contributed by atoms with Crippen LogP contribution < -0.4 is 25.6 Å². The summed E-state index contributed by atoms with van der Waals surface area (Å²) >= 11 is 2.90. The summed E-state index contributed by atoms with van der Waals surface area (Å²) in [5.74, 6) is -0.222. The van der Waals surface area contributed by atoms with Crippen molar-refractivity contribution in [3.05, 3.63) is 0 Å². The number of nitrogens with one attached hydrogen (secondary N) is 3. The Hall–Kier alpha value is -3.01. The molecule has 4 atom stereocenters. The van der Waals surface area contributed by atoms with E-state index >= 15 is 0 Å². The Kier molecular flexibility index (Phi) is 108. The molecule has 0 aliphatic heterocycles. The summed E-state index contributed by atoms with van der Waals surface area (Å²) in [5, 5.41) is 38.9. The quantitative estimate of drug-likeness (QED) is 0.0358. The Balaban J connectivity index is -0.0000000727. The summed E-state index contributed by atoms with van der Waals surface area (Å²) in [5.41, 5.74) is 7.83. The molecule has 0 bridgehead atoms. The number of Topliss-reactive ketones (excluding diaryl/α,β-unsaturated/α-hetero) is 1. The average Bonchev–Trinajstić information content (AvgIpc) is 0.817. The summed E-state index contributed by atoms with van der Waals surface area (Å²) in [7, 11) is 0.0989. The first kappa shape index (κ1) is 135. The van der Waals surface area contributed by atoms with Gasteiger partial charge in [0.2, 0.25) is 0 Å². The van der Waals surface area contributed by atoms with E-state index in [4.69, 9.17) is 69.7 Å². The molecule has 0 saturated heterocycles. The van der Waals surface area contributed by atoms with Crippen LogP contribution in [0.3, 0.4) is 0 Å². The number of alkyl halides is 1. The van der Waals surface area contributed by atoms with Crippen molar-refractivity contribution in [2.45, 2.75) is 335 Å². The summed E-state index contributed by atoms with van der Waals surface area (Å²) in [6.45, 7) is 41.5. The second kappa shape index (κ2) is 84.4. The number of aliphatic hydroxyl groups is 4. The molecule has 6 saturated carbocycles. The molecule has 0 radical (unpaired) electrons. The van der Waals surface area contributed by atoms with Crippen LogP contribution in [0.15, 0.2) is 4.40 Å². The van der Waals surface area contributed by atoms with Gasteiger partial charge in [-0.3, -0.25) is 24.3 Å². The fraction of sp³-hybridized carbons (Fsp3) is 0.871. The van der Waals surface area contributed by atoms with E-state index in [9.17, 15) is 36.0 Å². The molecule has 0 heterocycles. The van der Waals surface area contributed by atoms with E-state index < -0.39 is 43.9 Å². The van der Waals surface area contributed by atoms with E-state index in [-0.39, 0.29) is 157 Å². The fourth-order valence-electron chi connectivity index (χ4n) is 6.59. The van der Waals surface area contributed by atoms with Crippen LogP contribution in [0.4, 0.5) is 0 Å². The standard InChI is InChI=1S/2C10H21NOS.C9H17NO2.C8H15NOS.C6H13N.C4H11NOS.C4H6O.C3H5BrO2.C3H6O2.4C2H6O.4CO2.CH4.ClH.Ti/c2*1-5-10(7-6-8-10)11-13(12)9(2,3)4;1-3-9(5-4-6-9)10-7-8(11)12-2;1-8(2,3)11(10)9-7-5-4-6-7;1-2-6(7)4-3-5-6;1-4(2,3)7(5)6;5-4-2-1-3-4;1-6-3(5)2-4;1-3(4)5-2;4*1-2-3;4*2-1-3;;;/h2*11H,5-8H2,1-4H3;10H,3-7H2,1-2H3;4-6H2,1-3H3;2-5,7H2,1H3;5H2,1-3H3;1-3H2;2H2,1H3;1-2H3;4*3H,2H2,1H3;;;;;1H4;1H;. The number of carbonyl (C=O) groups is 4. The predicted molar refractivity (Wildman–Crippen MR) is 422 cm³/mol. The molecule has 106 heavy (non-hydrogen) atoms. The Morgan fingerprint density at radius 1 is 0.500 bits per heavy atom. The van der Waals surface area contributed by atoms with Gasteiger partial charge in [0.05, 0.1) is 79.8 Å². The zero-order valence-corrected chi connectivity index (χ0v) is 75.1. The second-order valence-corrected chi connectivity index (χ2v) is 34.8. The Labute approximate surface area is 677 Å². The van der Waals surface area contributed by atoms with Crippen LogP contribution >= 0.6 is 28.3 Å². The number of hydrogen-bond acceptors (Lipinski definition) is 25. The van der Waals surface area contributed by atoms with Crippen LogP contribution in [0.1, 0.15) is 294 Å². The minimum Gasteiger partial charge on any atom is -0.469 e. The fourth-order valence-corrected chi connectivity index (χ4v) is 9.61. The Morgan fingerprint density at radius 2 is 0.745 bits per heavy atom. The van der Waals surface area contributed by atoms with Crippen LogP contribution in [0, 0.1) is 0 Å². The number of nitrogens with zero attached hydrogens (tertiary/aromatic N) is 1. The van der Waals surface area contributed by atoms with E-state index in [1.165, 1.54) is 112 Å². The van der Waals surface area contributed by atoms with Crippen molar-refractivity contribution in [2.24, 2.45) is 15.3 Å². The zero-order valence-electron chi connectivity index (χ0n) is 67.9. The minimum atomic E-state index is -1.18. The number of aliphatic hydroxyl groups excluding tert-OH is 4. The van der Waals surface area contributed by atoms with Crippen molar-refractivity contribution in [1.29, 1.82) is 0 Å². The summed E-state index contributed by atoms with van der Waals surface area (Å²) in [4.78, 5) is 105. The topological polar surface area (TPSA) is 482 Å². The molecule has 11 N–H and O–H groups in total. The van der Waals surface area contributed by atoms with Crippen molar-refractivity contribution < 1.29 is 131 Å². The summed E-state index contributed by atoms with van der Waals surface area (Å²) < 4.78 is 68.3. The monoisotopic (exact) mass is 1730 g/mol. The van der Waals surface area contributed by atoms with E-state index in [1.807, 2.05) is 83.1 Å². The number of methoxy groups -OCH3 is 3. The molecular formula is C70H144BrClN6O23S4Ti.